The minimum atomic E-state index is -0.451. The lowest BCUT2D eigenvalue weighted by Gasteiger charge is -2.33. The Morgan fingerprint density at radius 1 is 1.50 bits per heavy atom. The van der Waals surface area contributed by atoms with E-state index in [1.165, 1.54) is 0 Å². The molecule has 2 atom stereocenters. The van der Waals surface area contributed by atoms with Gasteiger partial charge < -0.3 is 15.4 Å². The number of hydrogen-bond acceptors (Lipinski definition) is 5. The minimum Gasteiger partial charge on any atom is -0.466 e. The largest absolute Gasteiger partial charge is 0.466 e. The third-order valence-corrected chi connectivity index (χ3v) is 3.95. The minimum absolute atomic E-state index is 0. The lowest BCUT2D eigenvalue weighted by molar-refractivity contribution is -0.151. The van der Waals surface area contributed by atoms with Crippen molar-refractivity contribution in [1.82, 2.24) is 4.90 Å². The highest BCUT2D eigenvalue weighted by molar-refractivity contribution is 7.98. The average Bonchev–Trinajstić information content (AvgIpc) is 2.44. The fourth-order valence-electron chi connectivity index (χ4n) is 2.23. The zero-order valence-corrected chi connectivity index (χ0v) is 13.8. The van der Waals surface area contributed by atoms with Crippen LogP contribution in [-0.4, -0.2) is 54.5 Å². The molecule has 20 heavy (non-hydrogen) atoms. The van der Waals surface area contributed by atoms with Crippen molar-refractivity contribution in [2.75, 3.05) is 31.7 Å². The van der Waals surface area contributed by atoms with Crippen molar-refractivity contribution in [2.45, 2.75) is 32.2 Å². The summed E-state index contributed by atoms with van der Waals surface area (Å²) in [7, 11) is 0. The number of piperidine rings is 1. The molecule has 1 heterocycles. The summed E-state index contributed by atoms with van der Waals surface area (Å²) in [5.74, 6) is 0.452. The summed E-state index contributed by atoms with van der Waals surface area (Å²) < 4.78 is 5.02. The predicted octanol–water partition coefficient (Wildman–Crippen LogP) is 1.29. The van der Waals surface area contributed by atoms with Gasteiger partial charge in [0.2, 0.25) is 5.91 Å². The first kappa shape index (κ1) is 19.5. The Balaban J connectivity index is 0.00000361. The molecule has 0 radical (unpaired) electrons. The zero-order valence-electron chi connectivity index (χ0n) is 12.2. The van der Waals surface area contributed by atoms with Crippen LogP contribution in [0.2, 0.25) is 0 Å². The van der Waals surface area contributed by atoms with E-state index in [0.717, 1.165) is 18.6 Å². The smallest absolute Gasteiger partial charge is 0.310 e. The van der Waals surface area contributed by atoms with Crippen LogP contribution in [0.1, 0.15) is 26.2 Å². The number of nitrogens with two attached hydrogens (primary N) is 1. The van der Waals surface area contributed by atoms with E-state index < -0.39 is 6.04 Å². The Hall–Kier alpha value is -0.460. The van der Waals surface area contributed by atoms with Gasteiger partial charge in [-0.25, -0.2) is 0 Å². The summed E-state index contributed by atoms with van der Waals surface area (Å²) in [4.78, 5) is 25.6. The summed E-state index contributed by atoms with van der Waals surface area (Å²) in [6.45, 7) is 3.32. The highest BCUT2D eigenvalue weighted by atomic mass is 35.5. The van der Waals surface area contributed by atoms with Crippen molar-refractivity contribution in [3.63, 3.8) is 0 Å². The molecule has 1 amide bonds. The number of carbonyl (C=O) groups excluding carboxylic acids is 2. The van der Waals surface area contributed by atoms with Crippen LogP contribution in [0.15, 0.2) is 0 Å². The Kier molecular flexibility index (Phi) is 10.1. The third kappa shape index (κ3) is 5.89. The van der Waals surface area contributed by atoms with Gasteiger partial charge in [0, 0.05) is 13.1 Å². The van der Waals surface area contributed by atoms with Gasteiger partial charge in [-0.15, -0.1) is 12.4 Å². The van der Waals surface area contributed by atoms with Gasteiger partial charge in [0.25, 0.3) is 0 Å². The third-order valence-electron chi connectivity index (χ3n) is 3.30. The van der Waals surface area contributed by atoms with E-state index in [2.05, 4.69) is 0 Å². The molecule has 2 N–H and O–H groups in total. The summed E-state index contributed by atoms with van der Waals surface area (Å²) in [5.41, 5.74) is 5.89. The Labute approximate surface area is 131 Å². The standard InChI is InChI=1S/C13H24N2O3S.ClH/c1-3-18-13(17)10-5-4-7-15(9-10)12(16)11(14)6-8-19-2;/h10-11H,3-9,14H2,1-2H3;1H/t10?,11-;/m0./s1. The van der Waals surface area contributed by atoms with Crippen molar-refractivity contribution in [2.24, 2.45) is 11.7 Å². The lowest BCUT2D eigenvalue weighted by atomic mass is 9.97. The number of likely N-dealkylation sites (tertiary alicyclic amines) is 1. The summed E-state index contributed by atoms with van der Waals surface area (Å²) in [6, 6.07) is -0.451. The van der Waals surface area contributed by atoms with Gasteiger partial charge in [-0.1, -0.05) is 0 Å². The van der Waals surface area contributed by atoms with Crippen LogP contribution in [-0.2, 0) is 14.3 Å². The number of nitrogens with zero attached hydrogens (tertiary/aromatic N) is 1. The van der Waals surface area contributed by atoms with Gasteiger partial charge in [0.1, 0.15) is 0 Å². The molecular formula is C13H25ClN2O3S. The quantitative estimate of drug-likeness (QED) is 0.745. The van der Waals surface area contributed by atoms with E-state index in [1.54, 1.807) is 23.6 Å². The van der Waals surface area contributed by atoms with Crippen molar-refractivity contribution in [1.29, 1.82) is 0 Å². The summed E-state index contributed by atoms with van der Waals surface area (Å²) in [6.07, 6.45) is 4.31. The normalized spacial score (nSPS) is 19.9. The first-order chi connectivity index (χ1) is 9.10. The molecule has 1 aliphatic heterocycles. The molecule has 1 fully saturated rings. The first-order valence-corrected chi connectivity index (χ1v) is 8.19. The van der Waals surface area contributed by atoms with Crippen LogP contribution in [0.4, 0.5) is 0 Å². The van der Waals surface area contributed by atoms with Crippen LogP contribution in [0, 0.1) is 5.92 Å². The molecule has 0 saturated carbocycles. The number of rotatable bonds is 6. The van der Waals surface area contributed by atoms with Gasteiger partial charge in [0.05, 0.1) is 18.6 Å². The van der Waals surface area contributed by atoms with Crippen LogP contribution < -0.4 is 5.73 Å². The molecule has 5 nitrogen and oxygen atoms in total. The highest BCUT2D eigenvalue weighted by Crippen LogP contribution is 2.19. The van der Waals surface area contributed by atoms with Gasteiger partial charge in [-0.2, -0.15) is 11.8 Å². The second-order valence-electron chi connectivity index (χ2n) is 4.76. The number of thioether (sulfide) groups is 1. The predicted molar refractivity (Wildman–Crippen MR) is 84.2 cm³/mol. The SMILES string of the molecule is CCOC(=O)C1CCCN(C(=O)[C@@H](N)CCSC)C1.Cl. The van der Waals surface area contributed by atoms with Crippen LogP contribution in [0.25, 0.3) is 0 Å². The van der Waals surface area contributed by atoms with E-state index in [1.807, 2.05) is 6.26 Å². The molecule has 0 aromatic carbocycles. The molecule has 7 heteroatoms. The van der Waals surface area contributed by atoms with E-state index in [9.17, 15) is 9.59 Å². The Morgan fingerprint density at radius 3 is 2.80 bits per heavy atom. The molecule has 1 saturated heterocycles. The van der Waals surface area contributed by atoms with Crippen molar-refractivity contribution < 1.29 is 14.3 Å². The molecule has 1 unspecified atom stereocenters. The maximum Gasteiger partial charge on any atom is 0.310 e. The van der Waals surface area contributed by atoms with E-state index >= 15 is 0 Å². The summed E-state index contributed by atoms with van der Waals surface area (Å²) in [5, 5.41) is 0. The second-order valence-corrected chi connectivity index (χ2v) is 5.75. The number of esters is 1. The molecule has 0 aromatic rings. The molecular weight excluding hydrogens is 300 g/mol. The molecule has 0 aliphatic carbocycles. The van der Waals surface area contributed by atoms with Crippen molar-refractivity contribution >= 4 is 36.0 Å². The van der Waals surface area contributed by atoms with E-state index in [-0.39, 0.29) is 30.2 Å². The van der Waals surface area contributed by atoms with Crippen molar-refractivity contribution in [3.8, 4) is 0 Å². The maximum absolute atomic E-state index is 12.2. The lowest BCUT2D eigenvalue weighted by Crippen LogP contribution is -2.49. The van der Waals surface area contributed by atoms with E-state index in [0.29, 0.717) is 26.1 Å². The van der Waals surface area contributed by atoms with Crippen molar-refractivity contribution in [3.05, 3.63) is 0 Å². The van der Waals surface area contributed by atoms with E-state index in [4.69, 9.17) is 10.5 Å². The number of carbonyl (C=O) groups is 2. The topological polar surface area (TPSA) is 72.6 Å². The van der Waals surface area contributed by atoms with Crippen LogP contribution >= 0.6 is 24.2 Å². The molecule has 1 aliphatic rings. The first-order valence-electron chi connectivity index (χ1n) is 6.80. The Morgan fingerprint density at radius 2 is 2.20 bits per heavy atom. The maximum atomic E-state index is 12.2. The molecule has 0 bridgehead atoms. The Bertz CT molecular complexity index is 318. The molecule has 118 valence electrons. The number of amides is 1. The van der Waals surface area contributed by atoms with Gasteiger partial charge in [-0.05, 0) is 38.2 Å². The summed E-state index contributed by atoms with van der Waals surface area (Å²) >= 11 is 1.68. The monoisotopic (exact) mass is 324 g/mol. The fraction of sp³-hybridized carbons (Fsp3) is 0.846. The molecule has 1 rings (SSSR count). The highest BCUT2D eigenvalue weighted by Gasteiger charge is 2.31. The fourth-order valence-corrected chi connectivity index (χ4v) is 2.72. The van der Waals surface area contributed by atoms with Gasteiger partial charge >= 0.3 is 5.97 Å². The van der Waals surface area contributed by atoms with Crippen LogP contribution in [0.5, 0.6) is 0 Å². The molecule has 0 aromatic heterocycles. The van der Waals surface area contributed by atoms with Gasteiger partial charge in [-0.3, -0.25) is 9.59 Å². The van der Waals surface area contributed by atoms with Gasteiger partial charge in [0.15, 0.2) is 0 Å². The molecule has 0 spiro atoms. The zero-order chi connectivity index (χ0) is 14.3. The second kappa shape index (κ2) is 10.3. The number of halogens is 1. The number of ether oxygens (including phenoxy) is 1. The van der Waals surface area contributed by atoms with Crippen LogP contribution in [0.3, 0.4) is 0 Å². The number of hydrogen-bond donors (Lipinski definition) is 1. The average molecular weight is 325 g/mol.